The molecule has 6 heteroatoms. The van der Waals surface area contributed by atoms with E-state index in [-0.39, 0.29) is 19.6 Å². The number of amides is 1. The number of ether oxygens (including phenoxy) is 1. The average Bonchev–Trinajstić information content (AvgIpc) is 2.35. The molecule has 0 fully saturated rings. The molecule has 0 bridgehead atoms. The monoisotopic (exact) mass is 239 g/mol. The number of carbonyl (C=O) groups excluding carboxylic acids is 2. The van der Waals surface area contributed by atoms with Crippen LogP contribution in [0.3, 0.4) is 0 Å². The number of carbonyl (C=O) groups is 2. The quantitative estimate of drug-likeness (QED) is 0.757. The Morgan fingerprint density at radius 1 is 1.24 bits per heavy atom. The molecule has 6 nitrogen and oxygen atoms in total. The van der Waals surface area contributed by atoms with Crippen LogP contribution in [0.5, 0.6) is 0 Å². The predicted molar refractivity (Wildman–Crippen MR) is 57.6 cm³/mol. The molecule has 0 radical (unpaired) electrons. The third-order valence-corrected chi connectivity index (χ3v) is 1.78. The minimum Gasteiger partial charge on any atom is -0.443 e. The van der Waals surface area contributed by atoms with Gasteiger partial charge in [0.1, 0.15) is 6.61 Å². The van der Waals surface area contributed by atoms with Gasteiger partial charge in [0.25, 0.3) is 0 Å². The smallest absolute Gasteiger partial charge is 0.441 e. The summed E-state index contributed by atoms with van der Waals surface area (Å²) in [6.45, 7) is -0.246. The van der Waals surface area contributed by atoms with E-state index in [9.17, 15) is 9.59 Å². The lowest BCUT2D eigenvalue weighted by atomic mass is 10.2. The zero-order valence-corrected chi connectivity index (χ0v) is 9.09. The summed E-state index contributed by atoms with van der Waals surface area (Å²) in [5.41, 5.74) is 2.64. The molecule has 0 unspecified atom stereocenters. The fourth-order valence-electron chi connectivity index (χ4n) is 0.993. The van der Waals surface area contributed by atoms with Crippen molar-refractivity contribution < 1.29 is 24.3 Å². The van der Waals surface area contributed by atoms with Gasteiger partial charge in [0.05, 0.1) is 13.0 Å². The maximum absolute atomic E-state index is 11.1. The average molecular weight is 239 g/mol. The van der Waals surface area contributed by atoms with Crippen LogP contribution in [0.1, 0.15) is 12.0 Å². The molecule has 0 aliphatic rings. The summed E-state index contributed by atoms with van der Waals surface area (Å²) < 4.78 is 4.77. The van der Waals surface area contributed by atoms with Crippen molar-refractivity contribution >= 4 is 12.1 Å². The summed E-state index contributed by atoms with van der Waals surface area (Å²) >= 11 is 0. The summed E-state index contributed by atoms with van der Waals surface area (Å²) in [6, 6.07) is 9.08. The first-order chi connectivity index (χ1) is 8.22. The van der Waals surface area contributed by atoms with Gasteiger partial charge < -0.3 is 14.7 Å². The van der Waals surface area contributed by atoms with E-state index < -0.39 is 12.1 Å². The highest BCUT2D eigenvalue weighted by Gasteiger charge is 2.06. The summed E-state index contributed by atoms with van der Waals surface area (Å²) in [5.74, 6) is -0.732. The van der Waals surface area contributed by atoms with Gasteiger partial charge in [-0.15, -0.1) is 5.48 Å². The number of nitrogens with one attached hydrogen (secondary N) is 1. The molecule has 92 valence electrons. The highest BCUT2D eigenvalue weighted by Crippen LogP contribution is 2.00. The molecule has 0 saturated carbocycles. The highest BCUT2D eigenvalue weighted by molar-refractivity contribution is 5.73. The first-order valence-electron chi connectivity index (χ1n) is 4.99. The van der Waals surface area contributed by atoms with E-state index in [1.54, 1.807) is 12.1 Å². The van der Waals surface area contributed by atoms with Crippen LogP contribution in [-0.2, 0) is 21.0 Å². The fraction of sp³-hybridized carbons (Fsp3) is 0.273. The Bertz CT molecular complexity index is 365. The van der Waals surface area contributed by atoms with Crippen LogP contribution >= 0.6 is 0 Å². The van der Waals surface area contributed by atoms with Crippen molar-refractivity contribution in [2.45, 2.75) is 13.0 Å². The minimum absolute atomic E-state index is 0.0875. The van der Waals surface area contributed by atoms with Crippen molar-refractivity contribution in [1.29, 1.82) is 0 Å². The maximum atomic E-state index is 11.1. The Hall–Kier alpha value is -2.08. The number of rotatable bonds is 4. The molecule has 17 heavy (non-hydrogen) atoms. The number of hydroxylamine groups is 1. The van der Waals surface area contributed by atoms with Crippen molar-refractivity contribution in [3.05, 3.63) is 35.9 Å². The van der Waals surface area contributed by atoms with Crippen LogP contribution in [-0.4, -0.2) is 23.8 Å². The molecule has 1 aromatic rings. The Morgan fingerprint density at radius 2 is 1.94 bits per heavy atom. The molecule has 1 aromatic carbocycles. The van der Waals surface area contributed by atoms with Crippen LogP contribution < -0.4 is 5.48 Å². The summed E-state index contributed by atoms with van der Waals surface area (Å²) in [6.07, 6.45) is -1.04. The Morgan fingerprint density at radius 3 is 2.59 bits per heavy atom. The zero-order chi connectivity index (χ0) is 12.5. The summed E-state index contributed by atoms with van der Waals surface area (Å²) in [7, 11) is 0. The summed E-state index contributed by atoms with van der Waals surface area (Å²) in [5, 5.41) is 8.41. The molecule has 0 saturated heterocycles. The molecule has 1 rings (SSSR count). The molecule has 0 heterocycles. The van der Waals surface area contributed by atoms with Gasteiger partial charge in [0, 0.05) is 0 Å². The molecule has 0 spiro atoms. The van der Waals surface area contributed by atoms with Crippen molar-refractivity contribution in [2.24, 2.45) is 0 Å². The number of hydrogen-bond donors (Lipinski definition) is 2. The van der Waals surface area contributed by atoms with Crippen LogP contribution in [0.25, 0.3) is 0 Å². The van der Waals surface area contributed by atoms with Crippen LogP contribution in [0.4, 0.5) is 4.79 Å². The van der Waals surface area contributed by atoms with Crippen molar-refractivity contribution in [3.63, 3.8) is 0 Å². The van der Waals surface area contributed by atoms with E-state index in [2.05, 4.69) is 4.84 Å². The Balaban J connectivity index is 2.20. The largest absolute Gasteiger partial charge is 0.443 e. The van der Waals surface area contributed by atoms with E-state index in [1.807, 2.05) is 23.7 Å². The van der Waals surface area contributed by atoms with E-state index in [0.29, 0.717) is 0 Å². The second kappa shape index (κ2) is 7.24. The second-order valence-corrected chi connectivity index (χ2v) is 3.11. The third-order valence-electron chi connectivity index (χ3n) is 1.78. The normalized spacial score (nSPS) is 9.47. The third kappa shape index (κ3) is 5.53. The molecule has 0 aliphatic heterocycles. The predicted octanol–water partition coefficient (Wildman–Crippen LogP) is 0.753. The topological polar surface area (TPSA) is 84.9 Å². The lowest BCUT2D eigenvalue weighted by Gasteiger charge is -2.06. The van der Waals surface area contributed by atoms with Gasteiger partial charge in [0.2, 0.25) is 0 Å². The Kier molecular flexibility index (Phi) is 5.53. The molecule has 0 aliphatic carbocycles. The van der Waals surface area contributed by atoms with Gasteiger partial charge in [-0.2, -0.15) is 0 Å². The van der Waals surface area contributed by atoms with Crippen LogP contribution in [0.15, 0.2) is 30.3 Å². The zero-order valence-electron chi connectivity index (χ0n) is 9.09. The first-order valence-corrected chi connectivity index (χ1v) is 4.99. The van der Waals surface area contributed by atoms with Gasteiger partial charge in [-0.3, -0.25) is 0 Å². The van der Waals surface area contributed by atoms with E-state index >= 15 is 0 Å². The van der Waals surface area contributed by atoms with Crippen LogP contribution in [0.2, 0.25) is 0 Å². The number of aliphatic hydroxyl groups excluding tert-OH is 1. The second-order valence-electron chi connectivity index (χ2n) is 3.11. The van der Waals surface area contributed by atoms with Gasteiger partial charge in [-0.25, -0.2) is 9.59 Å². The lowest BCUT2D eigenvalue weighted by molar-refractivity contribution is -0.150. The van der Waals surface area contributed by atoms with E-state index in [0.717, 1.165) is 5.56 Å². The number of aliphatic hydroxyl groups is 1. The summed E-state index contributed by atoms with van der Waals surface area (Å²) in [4.78, 5) is 26.1. The molecular weight excluding hydrogens is 226 g/mol. The van der Waals surface area contributed by atoms with Gasteiger partial charge in [-0.05, 0) is 5.56 Å². The standard InChI is InChI=1S/C11H13NO5/c13-7-6-10(14)17-12-11(15)16-8-9-4-2-1-3-5-9/h1-5,13H,6-8H2,(H,12,15). The van der Waals surface area contributed by atoms with Gasteiger partial charge in [-0.1, -0.05) is 30.3 Å². The van der Waals surface area contributed by atoms with Gasteiger partial charge >= 0.3 is 12.1 Å². The molecule has 1 amide bonds. The van der Waals surface area contributed by atoms with Gasteiger partial charge in [0.15, 0.2) is 0 Å². The van der Waals surface area contributed by atoms with Crippen molar-refractivity contribution in [3.8, 4) is 0 Å². The fourth-order valence-corrected chi connectivity index (χ4v) is 0.993. The van der Waals surface area contributed by atoms with Crippen molar-refractivity contribution in [1.82, 2.24) is 5.48 Å². The van der Waals surface area contributed by atoms with Crippen molar-refractivity contribution in [2.75, 3.05) is 6.61 Å². The highest BCUT2D eigenvalue weighted by atomic mass is 16.7. The number of benzene rings is 1. The van der Waals surface area contributed by atoms with E-state index in [1.165, 1.54) is 0 Å². The first kappa shape index (κ1) is 13.0. The number of hydrogen-bond acceptors (Lipinski definition) is 5. The molecule has 0 atom stereocenters. The molecular formula is C11H13NO5. The Labute approximate surface area is 98.1 Å². The molecule has 0 aromatic heterocycles. The lowest BCUT2D eigenvalue weighted by Crippen LogP contribution is -2.27. The minimum atomic E-state index is -0.861. The maximum Gasteiger partial charge on any atom is 0.441 e. The molecule has 2 N–H and O–H groups in total. The van der Waals surface area contributed by atoms with E-state index in [4.69, 9.17) is 9.84 Å². The van der Waals surface area contributed by atoms with Crippen LogP contribution in [0, 0.1) is 0 Å². The SMILES string of the molecule is O=C(CCO)ONC(=O)OCc1ccccc1.